The van der Waals surface area contributed by atoms with Gasteiger partial charge in [0.05, 0.1) is 6.42 Å². The summed E-state index contributed by atoms with van der Waals surface area (Å²) in [5, 5.41) is 0.635. The molecule has 0 saturated heterocycles. The van der Waals surface area contributed by atoms with E-state index < -0.39 is 33.6 Å². The molecular formula is C22H46N2Na2O5S. The molecule has 0 aromatic rings. The van der Waals surface area contributed by atoms with Gasteiger partial charge in [-0.05, 0) is 6.42 Å². The van der Waals surface area contributed by atoms with Crippen molar-refractivity contribution < 1.29 is 22.6 Å². The molecule has 4 N–H and O–H groups in total. The van der Waals surface area contributed by atoms with E-state index in [0.29, 0.717) is 6.54 Å². The first kappa shape index (κ1) is 37.4. The number of primary amides is 1. The molecular weight excluding hydrogens is 450 g/mol. The van der Waals surface area contributed by atoms with Gasteiger partial charge < -0.3 is 11.1 Å². The Hall–Kier alpha value is 0.850. The van der Waals surface area contributed by atoms with Crippen molar-refractivity contribution in [1.82, 2.24) is 5.32 Å². The molecule has 0 radical (unpaired) electrons. The Morgan fingerprint density at radius 1 is 0.750 bits per heavy atom. The normalized spacial score (nSPS) is 11.8. The van der Waals surface area contributed by atoms with Crippen molar-refractivity contribution in [2.75, 3.05) is 6.54 Å². The molecule has 2 amide bonds. The van der Waals surface area contributed by atoms with Gasteiger partial charge in [-0.2, -0.15) is 8.42 Å². The molecule has 0 saturated carbocycles. The van der Waals surface area contributed by atoms with E-state index in [1.54, 1.807) is 0 Å². The predicted octanol–water partition coefficient (Wildman–Crippen LogP) is 3.20. The molecule has 0 spiro atoms. The van der Waals surface area contributed by atoms with Gasteiger partial charge in [0.2, 0.25) is 11.8 Å². The zero-order chi connectivity index (χ0) is 22.7. The summed E-state index contributed by atoms with van der Waals surface area (Å²) in [6.07, 6.45) is 19.3. The van der Waals surface area contributed by atoms with Crippen molar-refractivity contribution in [2.45, 2.75) is 121 Å². The minimum absolute atomic E-state index is 0. The van der Waals surface area contributed by atoms with Crippen LogP contribution in [-0.2, 0) is 19.7 Å². The van der Waals surface area contributed by atoms with Crippen LogP contribution in [0.25, 0.3) is 0 Å². The van der Waals surface area contributed by atoms with Crippen molar-refractivity contribution in [3.8, 4) is 0 Å². The molecule has 0 aromatic carbocycles. The molecule has 0 aromatic heterocycles. The van der Waals surface area contributed by atoms with Crippen molar-refractivity contribution >= 4 is 81.0 Å². The van der Waals surface area contributed by atoms with Crippen LogP contribution < -0.4 is 11.1 Å². The van der Waals surface area contributed by atoms with Crippen LogP contribution in [0.1, 0.15) is 116 Å². The Balaban J connectivity index is -0.00000420. The maximum atomic E-state index is 11.8. The fourth-order valence-corrected chi connectivity index (χ4v) is 4.24. The topological polar surface area (TPSA) is 127 Å². The molecule has 1 unspecified atom stereocenters. The third-order valence-corrected chi connectivity index (χ3v) is 6.47. The number of unbranched alkanes of at least 4 members (excludes halogenated alkanes) is 15. The monoisotopic (exact) mass is 496 g/mol. The number of nitrogens with one attached hydrogen (secondary N) is 1. The summed E-state index contributed by atoms with van der Waals surface area (Å²) in [4.78, 5) is 22.7. The first-order valence-corrected chi connectivity index (χ1v) is 13.3. The van der Waals surface area contributed by atoms with E-state index in [-0.39, 0.29) is 59.1 Å². The second-order valence-electron chi connectivity index (χ2n) is 8.27. The number of hydrogen-bond acceptors (Lipinski definition) is 4. The Morgan fingerprint density at radius 2 is 1.09 bits per heavy atom. The summed E-state index contributed by atoms with van der Waals surface area (Å²) in [6, 6.07) is 0. The molecule has 0 aliphatic heterocycles. The van der Waals surface area contributed by atoms with E-state index in [1.165, 1.54) is 83.5 Å². The fourth-order valence-electron chi connectivity index (χ4n) is 3.51. The third kappa shape index (κ3) is 24.0. The first-order chi connectivity index (χ1) is 14.3. The van der Waals surface area contributed by atoms with Crippen LogP contribution in [0, 0.1) is 0 Å². The van der Waals surface area contributed by atoms with E-state index in [0.717, 1.165) is 19.3 Å². The summed E-state index contributed by atoms with van der Waals surface area (Å²) in [6.45, 7) is 2.57. The quantitative estimate of drug-likeness (QED) is 0.128. The van der Waals surface area contributed by atoms with Gasteiger partial charge in [-0.1, -0.05) is 103 Å². The van der Waals surface area contributed by atoms with E-state index in [9.17, 15) is 18.0 Å². The third-order valence-electron chi connectivity index (χ3n) is 5.37. The van der Waals surface area contributed by atoms with Crippen LogP contribution in [-0.4, -0.2) is 95.7 Å². The molecule has 7 nitrogen and oxygen atoms in total. The van der Waals surface area contributed by atoms with Gasteiger partial charge in [0, 0.05) is 6.54 Å². The maximum absolute atomic E-state index is 11.8. The summed E-state index contributed by atoms with van der Waals surface area (Å²) < 4.78 is 31.4. The summed E-state index contributed by atoms with van der Waals surface area (Å²) in [5.41, 5.74) is 4.93. The van der Waals surface area contributed by atoms with Crippen LogP contribution in [0.4, 0.5) is 0 Å². The minimum atomic E-state index is -4.65. The van der Waals surface area contributed by atoms with Gasteiger partial charge in [-0.25, -0.2) is 0 Å². The van der Waals surface area contributed by atoms with Gasteiger partial charge in [0.15, 0.2) is 5.25 Å². The van der Waals surface area contributed by atoms with E-state index in [2.05, 4.69) is 12.2 Å². The zero-order valence-corrected chi connectivity index (χ0v) is 19.7. The van der Waals surface area contributed by atoms with Gasteiger partial charge in [-0.3, -0.25) is 14.1 Å². The number of hydrogen-bond donors (Lipinski definition) is 3. The van der Waals surface area contributed by atoms with Crippen LogP contribution in [0.3, 0.4) is 0 Å². The Morgan fingerprint density at radius 3 is 1.41 bits per heavy atom. The standard InChI is InChI=1S/C22H44N2O5S.2Na.2H/c1-2-3-4-5-6-7-8-9-10-11-12-13-14-15-16-17-18-24-22(26)20(19-21(23)25)30(27,28)29;;;;/h20H,2-19H2,1H3,(H2,23,25)(H,24,26)(H,27,28,29);;;;. The number of amides is 2. The first-order valence-electron chi connectivity index (χ1n) is 11.8. The van der Waals surface area contributed by atoms with Crippen molar-refractivity contribution in [2.24, 2.45) is 5.73 Å². The Labute approximate surface area is 240 Å². The molecule has 0 bridgehead atoms. The van der Waals surface area contributed by atoms with Gasteiger partial charge in [0.1, 0.15) is 0 Å². The average Bonchev–Trinajstić information content (AvgIpc) is 2.67. The summed E-state index contributed by atoms with van der Waals surface area (Å²) in [5.74, 6) is -1.83. The molecule has 0 heterocycles. The summed E-state index contributed by atoms with van der Waals surface area (Å²) >= 11 is 0. The number of rotatable bonds is 21. The van der Waals surface area contributed by atoms with E-state index in [1.807, 2.05) is 0 Å². The van der Waals surface area contributed by atoms with Crippen molar-refractivity contribution in [1.29, 1.82) is 0 Å². The Kier molecular flexibility index (Phi) is 29.2. The van der Waals surface area contributed by atoms with Crippen LogP contribution in [0.2, 0.25) is 0 Å². The predicted molar refractivity (Wildman–Crippen MR) is 136 cm³/mol. The van der Waals surface area contributed by atoms with Gasteiger partial charge in [0.25, 0.3) is 10.1 Å². The molecule has 0 rings (SSSR count). The second-order valence-corrected chi connectivity index (χ2v) is 9.87. The average molecular weight is 497 g/mol. The van der Waals surface area contributed by atoms with Gasteiger partial charge >= 0.3 is 59.1 Å². The zero-order valence-electron chi connectivity index (χ0n) is 18.9. The number of nitrogens with two attached hydrogens (primary N) is 1. The Bertz CT molecular complexity index is 563. The molecule has 0 aliphatic carbocycles. The molecule has 0 fully saturated rings. The van der Waals surface area contributed by atoms with Crippen LogP contribution >= 0.6 is 0 Å². The SMILES string of the molecule is CCCCCCCCCCCCCCCCCCNC(=O)C(CC(N)=O)S(=O)(=O)O.[NaH].[NaH]. The van der Waals surface area contributed by atoms with Crippen LogP contribution in [0.5, 0.6) is 0 Å². The number of carbonyl (C=O) groups excluding carboxylic acids is 2. The molecule has 182 valence electrons. The van der Waals surface area contributed by atoms with E-state index >= 15 is 0 Å². The molecule has 0 aliphatic rings. The summed E-state index contributed by atoms with van der Waals surface area (Å²) in [7, 11) is -4.65. The molecule has 10 heteroatoms. The van der Waals surface area contributed by atoms with Crippen molar-refractivity contribution in [3.63, 3.8) is 0 Å². The fraction of sp³-hybridized carbons (Fsp3) is 0.909. The molecule has 32 heavy (non-hydrogen) atoms. The van der Waals surface area contributed by atoms with Gasteiger partial charge in [-0.15, -0.1) is 0 Å². The van der Waals surface area contributed by atoms with Crippen LogP contribution in [0.15, 0.2) is 0 Å². The number of carbonyl (C=O) groups is 2. The van der Waals surface area contributed by atoms with Crippen molar-refractivity contribution in [3.05, 3.63) is 0 Å². The van der Waals surface area contributed by atoms with E-state index in [4.69, 9.17) is 10.3 Å². The molecule has 1 atom stereocenters. The second kappa shape index (κ2) is 25.0.